The van der Waals surface area contributed by atoms with Gasteiger partial charge in [0.05, 0.1) is 17.5 Å². The molecule has 0 saturated carbocycles. The van der Waals surface area contributed by atoms with Gasteiger partial charge in [-0.05, 0) is 55.0 Å². The van der Waals surface area contributed by atoms with E-state index in [1.54, 1.807) is 0 Å². The Morgan fingerprint density at radius 1 is 1.33 bits per heavy atom. The molecular formula is C13H11Br2NO2. The summed E-state index contributed by atoms with van der Waals surface area (Å²) >= 11 is 7.17. The number of halogens is 2. The first kappa shape index (κ1) is 12.2. The van der Waals surface area contributed by atoms with Crippen molar-refractivity contribution in [2.24, 2.45) is 5.73 Å². The Hall–Kier alpha value is -0.810. The molecule has 0 radical (unpaired) electrons. The Labute approximate surface area is 122 Å². The molecule has 1 amide bonds. The van der Waals surface area contributed by atoms with Crippen LogP contribution in [0.3, 0.4) is 0 Å². The van der Waals surface area contributed by atoms with Crippen molar-refractivity contribution in [3.05, 3.63) is 31.7 Å². The van der Waals surface area contributed by atoms with Crippen LogP contribution in [0.1, 0.15) is 23.1 Å². The molecule has 94 valence electrons. The molecule has 0 aromatic heterocycles. The highest BCUT2D eigenvalue weighted by molar-refractivity contribution is 9.13. The number of ether oxygens (including phenoxy) is 1. The van der Waals surface area contributed by atoms with E-state index in [0.717, 1.165) is 38.7 Å². The lowest BCUT2D eigenvalue weighted by Crippen LogP contribution is -2.11. The van der Waals surface area contributed by atoms with Crippen molar-refractivity contribution in [1.82, 2.24) is 0 Å². The van der Waals surface area contributed by atoms with E-state index in [1.165, 1.54) is 11.1 Å². The summed E-state index contributed by atoms with van der Waals surface area (Å²) in [7, 11) is 0. The Kier molecular flexibility index (Phi) is 2.98. The minimum atomic E-state index is -0.291. The highest BCUT2D eigenvalue weighted by Gasteiger charge is 2.30. The third kappa shape index (κ3) is 1.72. The van der Waals surface area contributed by atoms with E-state index in [2.05, 4.69) is 37.9 Å². The summed E-state index contributed by atoms with van der Waals surface area (Å²) in [5, 5.41) is 0. The molecular weight excluding hydrogens is 362 g/mol. The van der Waals surface area contributed by atoms with Crippen LogP contribution in [0.2, 0.25) is 0 Å². The Morgan fingerprint density at radius 3 is 2.83 bits per heavy atom. The van der Waals surface area contributed by atoms with E-state index in [4.69, 9.17) is 10.5 Å². The van der Waals surface area contributed by atoms with Gasteiger partial charge in [0.25, 0.3) is 0 Å². The molecule has 5 heteroatoms. The van der Waals surface area contributed by atoms with Crippen molar-refractivity contribution in [3.8, 4) is 5.75 Å². The van der Waals surface area contributed by atoms with E-state index < -0.39 is 0 Å². The number of primary amides is 1. The van der Waals surface area contributed by atoms with Crippen molar-refractivity contribution < 1.29 is 9.53 Å². The molecule has 1 aromatic carbocycles. The standard InChI is InChI=1S/C13H11Br2NO2/c14-11-7-2-1-6(5-9(16)17)10(7)8-3-4-18-13(8)12(11)15/h1H,2-5H2,(H2,16,17). The first-order valence-corrected chi connectivity index (χ1v) is 7.31. The smallest absolute Gasteiger partial charge is 0.221 e. The molecule has 3 rings (SSSR count). The molecule has 3 nitrogen and oxygen atoms in total. The van der Waals surface area contributed by atoms with Crippen LogP contribution < -0.4 is 10.5 Å². The Morgan fingerprint density at radius 2 is 2.11 bits per heavy atom. The maximum absolute atomic E-state index is 11.1. The first-order valence-electron chi connectivity index (χ1n) is 5.72. The average Bonchev–Trinajstić information content (AvgIpc) is 2.91. The SMILES string of the molecule is NC(=O)CC1=CCc2c(Br)c(Br)c3c(c21)CCO3. The van der Waals surface area contributed by atoms with Gasteiger partial charge < -0.3 is 10.5 Å². The Bertz CT molecular complexity index is 593. The summed E-state index contributed by atoms with van der Waals surface area (Å²) in [5.74, 6) is 0.610. The molecule has 0 bridgehead atoms. The summed E-state index contributed by atoms with van der Waals surface area (Å²) in [6, 6.07) is 0. The second-order valence-corrected chi connectivity index (χ2v) is 6.05. The molecule has 18 heavy (non-hydrogen) atoms. The molecule has 1 aliphatic carbocycles. The van der Waals surface area contributed by atoms with E-state index in [0.29, 0.717) is 13.0 Å². The van der Waals surface area contributed by atoms with Gasteiger partial charge in [-0.25, -0.2) is 0 Å². The van der Waals surface area contributed by atoms with E-state index in [1.807, 2.05) is 0 Å². The number of carbonyl (C=O) groups excluding carboxylic acids is 1. The summed E-state index contributed by atoms with van der Waals surface area (Å²) in [5.41, 5.74) is 9.93. The largest absolute Gasteiger partial charge is 0.492 e. The maximum atomic E-state index is 11.1. The zero-order valence-corrected chi connectivity index (χ0v) is 12.7. The van der Waals surface area contributed by atoms with Gasteiger partial charge >= 0.3 is 0 Å². The summed E-state index contributed by atoms with van der Waals surface area (Å²) < 4.78 is 7.66. The number of rotatable bonds is 2. The number of allylic oxidation sites excluding steroid dienone is 1. The highest BCUT2D eigenvalue weighted by atomic mass is 79.9. The molecule has 0 spiro atoms. The third-order valence-electron chi connectivity index (χ3n) is 3.37. The van der Waals surface area contributed by atoms with E-state index in [9.17, 15) is 4.79 Å². The minimum Gasteiger partial charge on any atom is -0.492 e. The maximum Gasteiger partial charge on any atom is 0.221 e. The highest BCUT2D eigenvalue weighted by Crippen LogP contribution is 2.48. The fourth-order valence-electron chi connectivity index (χ4n) is 2.67. The van der Waals surface area contributed by atoms with E-state index >= 15 is 0 Å². The quantitative estimate of drug-likeness (QED) is 0.867. The van der Waals surface area contributed by atoms with Crippen molar-refractivity contribution in [2.75, 3.05) is 6.61 Å². The Balaban J connectivity index is 2.19. The number of amides is 1. The lowest BCUT2D eigenvalue weighted by Gasteiger charge is -2.14. The fraction of sp³-hybridized carbons (Fsp3) is 0.308. The number of hydrogen-bond donors (Lipinski definition) is 1. The molecule has 1 heterocycles. The first-order chi connectivity index (χ1) is 8.59. The summed E-state index contributed by atoms with van der Waals surface area (Å²) in [4.78, 5) is 11.1. The van der Waals surface area contributed by atoms with Gasteiger partial charge in [-0.2, -0.15) is 0 Å². The minimum absolute atomic E-state index is 0.291. The zero-order chi connectivity index (χ0) is 12.9. The van der Waals surface area contributed by atoms with Gasteiger partial charge in [0.15, 0.2) is 0 Å². The van der Waals surface area contributed by atoms with Crippen molar-refractivity contribution in [1.29, 1.82) is 0 Å². The van der Waals surface area contributed by atoms with Crippen LogP contribution in [0.15, 0.2) is 15.0 Å². The van der Waals surface area contributed by atoms with Gasteiger partial charge in [-0.1, -0.05) is 6.08 Å². The van der Waals surface area contributed by atoms with Gasteiger partial charge in [0, 0.05) is 16.5 Å². The zero-order valence-electron chi connectivity index (χ0n) is 9.56. The molecule has 0 saturated heterocycles. The average molecular weight is 373 g/mol. The number of benzene rings is 1. The lowest BCUT2D eigenvalue weighted by atomic mass is 9.95. The molecule has 1 aromatic rings. The van der Waals surface area contributed by atoms with Crippen LogP contribution in [-0.4, -0.2) is 12.5 Å². The van der Waals surface area contributed by atoms with Crippen LogP contribution in [0.5, 0.6) is 5.75 Å². The van der Waals surface area contributed by atoms with Crippen molar-refractivity contribution in [3.63, 3.8) is 0 Å². The van der Waals surface area contributed by atoms with Crippen LogP contribution >= 0.6 is 31.9 Å². The third-order valence-corrected chi connectivity index (χ3v) is 5.54. The fourth-order valence-corrected chi connectivity index (χ4v) is 3.80. The van der Waals surface area contributed by atoms with Crippen molar-refractivity contribution in [2.45, 2.75) is 19.3 Å². The molecule has 0 atom stereocenters. The predicted octanol–water partition coefficient (Wildman–Crippen LogP) is 2.96. The lowest BCUT2D eigenvalue weighted by molar-refractivity contribution is -0.117. The second kappa shape index (κ2) is 4.38. The van der Waals surface area contributed by atoms with Gasteiger partial charge in [-0.3, -0.25) is 4.79 Å². The number of nitrogens with two attached hydrogens (primary N) is 1. The van der Waals surface area contributed by atoms with Gasteiger partial charge in [0.1, 0.15) is 5.75 Å². The topological polar surface area (TPSA) is 52.3 Å². The van der Waals surface area contributed by atoms with Crippen LogP contribution in [0.25, 0.3) is 5.57 Å². The predicted molar refractivity (Wildman–Crippen MR) is 76.5 cm³/mol. The van der Waals surface area contributed by atoms with Crippen LogP contribution in [0.4, 0.5) is 0 Å². The normalized spacial score (nSPS) is 16.0. The molecule has 0 fully saturated rings. The van der Waals surface area contributed by atoms with Crippen molar-refractivity contribution >= 4 is 43.3 Å². The summed E-state index contributed by atoms with van der Waals surface area (Å²) in [6.45, 7) is 0.695. The molecule has 1 aliphatic heterocycles. The molecule has 0 unspecified atom stereocenters. The number of hydrogen-bond acceptors (Lipinski definition) is 2. The molecule has 2 aliphatic rings. The number of fused-ring (bicyclic) bond motifs is 3. The van der Waals surface area contributed by atoms with E-state index in [-0.39, 0.29) is 5.91 Å². The monoisotopic (exact) mass is 371 g/mol. The van der Waals surface area contributed by atoms with Crippen LogP contribution in [-0.2, 0) is 17.6 Å². The number of carbonyl (C=O) groups is 1. The van der Waals surface area contributed by atoms with Gasteiger partial charge in [0.2, 0.25) is 5.91 Å². The van der Waals surface area contributed by atoms with Gasteiger partial charge in [-0.15, -0.1) is 0 Å². The van der Waals surface area contributed by atoms with Crippen LogP contribution in [0, 0.1) is 0 Å². The summed E-state index contributed by atoms with van der Waals surface area (Å²) in [6.07, 6.45) is 4.11. The second-order valence-electron chi connectivity index (χ2n) is 4.46. The molecule has 2 N–H and O–H groups in total.